The number of rotatable bonds is 3. The molecule has 7 heteroatoms. The number of aliphatic imine (C=N–C) groups is 1. The van der Waals surface area contributed by atoms with Crippen molar-refractivity contribution < 1.29 is 0 Å². The number of para-hydroxylation sites is 1. The first kappa shape index (κ1) is 16.6. The van der Waals surface area contributed by atoms with E-state index >= 15 is 0 Å². The van der Waals surface area contributed by atoms with Crippen molar-refractivity contribution in [3.63, 3.8) is 0 Å². The van der Waals surface area contributed by atoms with E-state index < -0.39 is 0 Å². The number of allylic oxidation sites excluding steroid dienone is 1. The van der Waals surface area contributed by atoms with Gasteiger partial charge in [-0.05, 0) is 17.7 Å². The number of nitrogens with zero attached hydrogens (tertiary/aromatic N) is 4. The smallest absolute Gasteiger partial charge is 0.283 e. The van der Waals surface area contributed by atoms with Crippen LogP contribution in [0, 0.1) is 0 Å². The average molecular weight is 385 g/mol. The summed E-state index contributed by atoms with van der Waals surface area (Å²) in [6, 6.07) is 17.8. The summed E-state index contributed by atoms with van der Waals surface area (Å²) in [5.41, 5.74) is 10.1. The molecule has 2 aromatic carbocycles. The lowest BCUT2D eigenvalue weighted by Crippen LogP contribution is -2.16. The highest BCUT2D eigenvalue weighted by Crippen LogP contribution is 2.32. The van der Waals surface area contributed by atoms with E-state index in [1.165, 1.54) is 11.3 Å². The number of hydrogen-bond acceptors (Lipinski definition) is 6. The van der Waals surface area contributed by atoms with Crippen molar-refractivity contribution in [2.45, 2.75) is 6.42 Å². The van der Waals surface area contributed by atoms with Crippen LogP contribution in [0.2, 0.25) is 0 Å². The van der Waals surface area contributed by atoms with Crippen molar-refractivity contribution in [1.82, 2.24) is 14.6 Å². The molecule has 0 unspecified atom stereocenters. The van der Waals surface area contributed by atoms with Crippen LogP contribution in [-0.4, -0.2) is 20.8 Å². The lowest BCUT2D eigenvalue weighted by Gasteiger charge is -2.03. The first-order chi connectivity index (χ1) is 13.7. The van der Waals surface area contributed by atoms with Crippen molar-refractivity contribution in [1.29, 1.82) is 0 Å². The Morgan fingerprint density at radius 3 is 2.71 bits per heavy atom. The minimum Gasteiger partial charge on any atom is -0.383 e. The van der Waals surface area contributed by atoms with E-state index in [1.807, 2.05) is 54.6 Å². The third-order valence-corrected chi connectivity index (χ3v) is 5.50. The summed E-state index contributed by atoms with van der Waals surface area (Å²) in [5.74, 6) is 0.288. The second-order valence-corrected chi connectivity index (χ2v) is 7.48. The summed E-state index contributed by atoms with van der Waals surface area (Å²) in [4.78, 5) is 21.7. The van der Waals surface area contributed by atoms with E-state index in [2.05, 4.69) is 15.1 Å². The Morgan fingerprint density at radius 1 is 1.07 bits per heavy atom. The zero-order valence-electron chi connectivity index (χ0n) is 14.7. The minimum absolute atomic E-state index is 0.288. The molecule has 28 heavy (non-hydrogen) atoms. The molecule has 1 aliphatic heterocycles. The molecule has 3 heterocycles. The van der Waals surface area contributed by atoms with E-state index in [4.69, 9.17) is 5.73 Å². The SMILES string of the molecule is Nc1c(C=C2C=Nc3ccccc32)c(=O)nc2sc(Cc3ccccc3)nn12. The van der Waals surface area contributed by atoms with Crippen LogP contribution >= 0.6 is 11.3 Å². The molecule has 0 fully saturated rings. The van der Waals surface area contributed by atoms with Crippen molar-refractivity contribution in [2.24, 2.45) is 4.99 Å². The second-order valence-electron chi connectivity index (χ2n) is 6.44. The van der Waals surface area contributed by atoms with E-state index in [0.29, 0.717) is 16.9 Å². The predicted octanol–water partition coefficient (Wildman–Crippen LogP) is 3.58. The standard InChI is InChI=1S/C21H15N5OS/c22-19-16(11-14-12-23-17-9-5-4-8-15(14)17)20(27)24-21-26(19)25-18(28-21)10-13-6-2-1-3-7-13/h1-9,11-12H,10,22H2. The summed E-state index contributed by atoms with van der Waals surface area (Å²) < 4.78 is 1.55. The highest BCUT2D eigenvalue weighted by Gasteiger charge is 2.17. The Kier molecular flexibility index (Phi) is 3.87. The number of hydrogen-bond donors (Lipinski definition) is 1. The van der Waals surface area contributed by atoms with Crippen molar-refractivity contribution >= 4 is 45.7 Å². The van der Waals surface area contributed by atoms with Gasteiger partial charge in [-0.2, -0.15) is 14.6 Å². The van der Waals surface area contributed by atoms with Gasteiger partial charge in [-0.1, -0.05) is 59.9 Å². The summed E-state index contributed by atoms with van der Waals surface area (Å²) in [5, 5.41) is 5.42. The Hall–Kier alpha value is -3.58. The highest BCUT2D eigenvalue weighted by molar-refractivity contribution is 7.16. The molecular weight excluding hydrogens is 370 g/mol. The molecule has 0 aliphatic carbocycles. The number of nitrogens with two attached hydrogens (primary N) is 1. The number of anilines is 1. The lowest BCUT2D eigenvalue weighted by molar-refractivity contribution is 0.901. The van der Waals surface area contributed by atoms with Crippen molar-refractivity contribution in [2.75, 3.05) is 5.73 Å². The van der Waals surface area contributed by atoms with Crippen LogP contribution in [0.1, 0.15) is 21.7 Å². The van der Waals surface area contributed by atoms with Crippen molar-refractivity contribution in [3.05, 3.63) is 86.6 Å². The van der Waals surface area contributed by atoms with E-state index in [-0.39, 0.29) is 11.4 Å². The fourth-order valence-corrected chi connectivity index (χ4v) is 4.13. The predicted molar refractivity (Wildman–Crippen MR) is 113 cm³/mol. The molecule has 0 amide bonds. The normalized spacial score (nSPS) is 14.1. The molecule has 2 N–H and O–H groups in total. The van der Waals surface area contributed by atoms with Gasteiger partial charge in [0.05, 0.1) is 11.3 Å². The van der Waals surface area contributed by atoms with E-state index in [0.717, 1.165) is 27.4 Å². The molecule has 0 atom stereocenters. The fraction of sp³-hybridized carbons (Fsp3) is 0.0476. The summed E-state index contributed by atoms with van der Waals surface area (Å²) in [6.45, 7) is 0. The maximum Gasteiger partial charge on any atom is 0.283 e. The minimum atomic E-state index is -0.363. The van der Waals surface area contributed by atoms with Crippen LogP contribution in [0.4, 0.5) is 11.5 Å². The number of benzene rings is 2. The molecule has 0 radical (unpaired) electrons. The molecule has 0 saturated heterocycles. The van der Waals surface area contributed by atoms with Crippen LogP contribution in [0.15, 0.2) is 64.4 Å². The summed E-state index contributed by atoms with van der Waals surface area (Å²) in [7, 11) is 0. The first-order valence-corrected chi connectivity index (χ1v) is 9.58. The Labute approximate surface area is 164 Å². The van der Waals surface area contributed by atoms with E-state index in [9.17, 15) is 4.79 Å². The monoisotopic (exact) mass is 385 g/mol. The summed E-state index contributed by atoms with van der Waals surface area (Å²) in [6.07, 6.45) is 4.14. The average Bonchev–Trinajstić information content (AvgIpc) is 3.30. The topological polar surface area (TPSA) is 85.6 Å². The maximum absolute atomic E-state index is 12.6. The Balaban J connectivity index is 1.59. The van der Waals surface area contributed by atoms with Crippen LogP contribution in [0.25, 0.3) is 16.6 Å². The van der Waals surface area contributed by atoms with Gasteiger partial charge >= 0.3 is 0 Å². The summed E-state index contributed by atoms with van der Waals surface area (Å²) >= 11 is 1.37. The molecule has 5 rings (SSSR count). The maximum atomic E-state index is 12.6. The molecule has 1 aliphatic rings. The molecule has 0 bridgehead atoms. The zero-order valence-corrected chi connectivity index (χ0v) is 15.6. The van der Waals surface area contributed by atoms with Crippen LogP contribution in [0.5, 0.6) is 0 Å². The first-order valence-electron chi connectivity index (χ1n) is 8.76. The van der Waals surface area contributed by atoms with Gasteiger partial charge in [0.1, 0.15) is 10.8 Å². The molecular formula is C21H15N5OS. The van der Waals surface area contributed by atoms with Gasteiger partial charge in [-0.15, -0.1) is 0 Å². The number of aromatic nitrogens is 3. The van der Waals surface area contributed by atoms with Crippen LogP contribution in [-0.2, 0) is 6.42 Å². The third-order valence-electron chi connectivity index (χ3n) is 4.59. The van der Waals surface area contributed by atoms with Crippen molar-refractivity contribution in [3.8, 4) is 0 Å². The van der Waals surface area contributed by atoms with Gasteiger partial charge in [-0.3, -0.25) is 9.79 Å². The second kappa shape index (κ2) is 6.54. The molecule has 0 spiro atoms. The van der Waals surface area contributed by atoms with Gasteiger partial charge in [0.2, 0.25) is 4.96 Å². The van der Waals surface area contributed by atoms with Gasteiger partial charge in [-0.25, -0.2) is 0 Å². The number of nitrogen functional groups attached to an aromatic ring is 1. The van der Waals surface area contributed by atoms with Gasteiger partial charge in [0.25, 0.3) is 5.56 Å². The van der Waals surface area contributed by atoms with Gasteiger partial charge in [0.15, 0.2) is 0 Å². The largest absolute Gasteiger partial charge is 0.383 e. The third kappa shape index (κ3) is 2.82. The van der Waals surface area contributed by atoms with Gasteiger partial charge in [0, 0.05) is 23.8 Å². The highest BCUT2D eigenvalue weighted by atomic mass is 32.1. The van der Waals surface area contributed by atoms with Crippen LogP contribution < -0.4 is 11.3 Å². The molecule has 2 aromatic heterocycles. The molecule has 136 valence electrons. The quantitative estimate of drug-likeness (QED) is 0.584. The molecule has 0 saturated carbocycles. The van der Waals surface area contributed by atoms with Gasteiger partial charge < -0.3 is 5.73 Å². The Bertz CT molecular complexity index is 1320. The zero-order chi connectivity index (χ0) is 19.1. The molecule has 6 nitrogen and oxygen atoms in total. The number of fused-ring (bicyclic) bond motifs is 2. The van der Waals surface area contributed by atoms with Crippen LogP contribution in [0.3, 0.4) is 0 Å². The molecule has 4 aromatic rings. The fourth-order valence-electron chi connectivity index (χ4n) is 3.21. The van der Waals surface area contributed by atoms with E-state index in [1.54, 1.807) is 16.8 Å². The lowest BCUT2D eigenvalue weighted by atomic mass is 10.1. The Morgan fingerprint density at radius 2 is 1.86 bits per heavy atom.